The normalized spacial score (nSPS) is 10.3. The molecule has 0 aliphatic carbocycles. The van der Waals surface area contributed by atoms with Crippen molar-refractivity contribution in [1.29, 1.82) is 0 Å². The van der Waals surface area contributed by atoms with Crippen LogP contribution in [-0.2, 0) is 16.0 Å². The zero-order valence-electron chi connectivity index (χ0n) is 13.1. The summed E-state index contributed by atoms with van der Waals surface area (Å²) in [5, 5.41) is 2.62. The summed E-state index contributed by atoms with van der Waals surface area (Å²) in [5.74, 6) is -1.73. The molecule has 2 aromatic rings. The minimum absolute atomic E-state index is 0.0192. The molecule has 0 fully saturated rings. The molecular formula is C18H17ClFNO3. The maximum atomic E-state index is 12.9. The quantitative estimate of drug-likeness (QED) is 0.814. The average Bonchev–Trinajstić information content (AvgIpc) is 2.54. The van der Waals surface area contributed by atoms with Crippen molar-refractivity contribution in [2.75, 3.05) is 13.2 Å². The molecule has 0 bridgehead atoms. The zero-order valence-corrected chi connectivity index (χ0v) is 13.9. The molecule has 2 rings (SSSR count). The lowest BCUT2D eigenvalue weighted by Gasteiger charge is -2.09. The van der Waals surface area contributed by atoms with Gasteiger partial charge in [0.1, 0.15) is 5.82 Å². The number of nitrogens with one attached hydrogen (secondary N) is 1. The number of aryl methyl sites for hydroxylation is 1. The van der Waals surface area contributed by atoms with Gasteiger partial charge in [0.25, 0.3) is 5.91 Å². The number of carbonyl (C=O) groups excluding carboxylic acids is 2. The molecular weight excluding hydrogens is 333 g/mol. The van der Waals surface area contributed by atoms with Crippen LogP contribution < -0.4 is 5.32 Å². The van der Waals surface area contributed by atoms with E-state index in [0.717, 1.165) is 23.3 Å². The molecule has 0 atom stereocenters. The number of hydrogen-bond acceptors (Lipinski definition) is 3. The first-order valence-electron chi connectivity index (χ1n) is 7.41. The first kappa shape index (κ1) is 17.9. The molecule has 6 heteroatoms. The summed E-state index contributed by atoms with van der Waals surface area (Å²) < 4.78 is 17.8. The second kappa shape index (κ2) is 8.45. The second-order valence-corrected chi connectivity index (χ2v) is 5.63. The Morgan fingerprint density at radius 3 is 2.67 bits per heavy atom. The fourth-order valence-electron chi connectivity index (χ4n) is 2.14. The number of carbonyl (C=O) groups is 2. The molecule has 0 unspecified atom stereocenters. The van der Waals surface area contributed by atoms with E-state index < -0.39 is 24.3 Å². The number of ether oxygens (including phenoxy) is 1. The van der Waals surface area contributed by atoms with E-state index in [1.54, 1.807) is 0 Å². The van der Waals surface area contributed by atoms with Crippen LogP contribution in [0.5, 0.6) is 0 Å². The highest BCUT2D eigenvalue weighted by molar-refractivity contribution is 6.33. The fraction of sp³-hybridized carbons (Fsp3) is 0.222. The molecule has 0 aromatic heterocycles. The van der Waals surface area contributed by atoms with Gasteiger partial charge in [-0.3, -0.25) is 4.79 Å². The Morgan fingerprint density at radius 1 is 1.21 bits per heavy atom. The molecule has 0 saturated heterocycles. The second-order valence-electron chi connectivity index (χ2n) is 5.23. The topological polar surface area (TPSA) is 55.4 Å². The average molecular weight is 350 g/mol. The van der Waals surface area contributed by atoms with Crippen LogP contribution in [0.4, 0.5) is 4.39 Å². The summed E-state index contributed by atoms with van der Waals surface area (Å²) in [6.07, 6.45) is 0.691. The van der Waals surface area contributed by atoms with E-state index in [2.05, 4.69) is 5.32 Å². The van der Waals surface area contributed by atoms with Gasteiger partial charge in [0.05, 0.1) is 10.6 Å². The third kappa shape index (κ3) is 5.06. The van der Waals surface area contributed by atoms with Gasteiger partial charge in [-0.25, -0.2) is 9.18 Å². The minimum atomic E-state index is -0.769. The maximum Gasteiger partial charge on any atom is 0.340 e. The highest BCUT2D eigenvalue weighted by Crippen LogP contribution is 2.18. The molecule has 126 valence electrons. The van der Waals surface area contributed by atoms with Gasteiger partial charge in [0.15, 0.2) is 6.61 Å². The predicted molar refractivity (Wildman–Crippen MR) is 89.6 cm³/mol. The van der Waals surface area contributed by atoms with Crippen molar-refractivity contribution in [2.45, 2.75) is 13.3 Å². The van der Waals surface area contributed by atoms with Crippen LogP contribution in [0.3, 0.4) is 0 Å². The lowest BCUT2D eigenvalue weighted by molar-refractivity contribution is -0.124. The van der Waals surface area contributed by atoms with Crippen molar-refractivity contribution < 1.29 is 18.7 Å². The van der Waals surface area contributed by atoms with Crippen molar-refractivity contribution in [3.05, 3.63) is 70.0 Å². The third-order valence-corrected chi connectivity index (χ3v) is 3.78. The van der Waals surface area contributed by atoms with E-state index in [9.17, 15) is 14.0 Å². The van der Waals surface area contributed by atoms with E-state index in [1.165, 1.54) is 6.07 Å². The summed E-state index contributed by atoms with van der Waals surface area (Å²) in [5.41, 5.74) is 2.32. The number of hydrogen-bond donors (Lipinski definition) is 1. The Morgan fingerprint density at radius 2 is 1.96 bits per heavy atom. The summed E-state index contributed by atoms with van der Waals surface area (Å²) >= 11 is 5.76. The monoisotopic (exact) mass is 349 g/mol. The van der Waals surface area contributed by atoms with Crippen LogP contribution in [0.2, 0.25) is 5.02 Å². The molecule has 0 saturated carbocycles. The third-order valence-electron chi connectivity index (χ3n) is 3.46. The molecule has 0 heterocycles. The molecule has 0 aliphatic heterocycles. The minimum Gasteiger partial charge on any atom is -0.452 e. The van der Waals surface area contributed by atoms with Crippen LogP contribution in [0, 0.1) is 12.7 Å². The van der Waals surface area contributed by atoms with E-state index in [1.807, 2.05) is 31.2 Å². The van der Waals surface area contributed by atoms with Gasteiger partial charge in [0.2, 0.25) is 0 Å². The molecule has 2 aromatic carbocycles. The van der Waals surface area contributed by atoms with Crippen molar-refractivity contribution in [3.63, 3.8) is 0 Å². The van der Waals surface area contributed by atoms with Gasteiger partial charge >= 0.3 is 5.97 Å². The largest absolute Gasteiger partial charge is 0.452 e. The summed E-state index contributed by atoms with van der Waals surface area (Å²) in [6.45, 7) is 2.03. The van der Waals surface area contributed by atoms with Gasteiger partial charge in [0, 0.05) is 6.54 Å². The first-order valence-corrected chi connectivity index (χ1v) is 7.78. The summed E-state index contributed by atoms with van der Waals surface area (Å²) in [7, 11) is 0. The molecule has 1 N–H and O–H groups in total. The molecule has 24 heavy (non-hydrogen) atoms. The Bertz CT molecular complexity index is 749. The number of rotatable bonds is 6. The number of amides is 1. The molecule has 1 amide bonds. The Labute approximate surface area is 144 Å². The lowest BCUT2D eigenvalue weighted by Crippen LogP contribution is -2.30. The summed E-state index contributed by atoms with van der Waals surface area (Å²) in [4.78, 5) is 23.5. The van der Waals surface area contributed by atoms with E-state index in [-0.39, 0.29) is 10.6 Å². The lowest BCUT2D eigenvalue weighted by atomic mass is 10.1. The van der Waals surface area contributed by atoms with Crippen molar-refractivity contribution in [1.82, 2.24) is 5.32 Å². The van der Waals surface area contributed by atoms with Crippen molar-refractivity contribution in [2.24, 2.45) is 0 Å². The van der Waals surface area contributed by atoms with E-state index in [0.29, 0.717) is 13.0 Å². The number of halogens is 2. The van der Waals surface area contributed by atoms with Crippen LogP contribution in [0.15, 0.2) is 42.5 Å². The maximum absolute atomic E-state index is 12.9. The fourth-order valence-corrected chi connectivity index (χ4v) is 2.39. The van der Waals surface area contributed by atoms with Crippen molar-refractivity contribution >= 4 is 23.5 Å². The number of esters is 1. The SMILES string of the molecule is Cc1ccccc1CCNC(=O)COC(=O)c1ccc(F)cc1Cl. The van der Waals surface area contributed by atoms with Crippen LogP contribution in [-0.4, -0.2) is 25.0 Å². The van der Waals surface area contributed by atoms with Crippen LogP contribution in [0.25, 0.3) is 0 Å². The van der Waals surface area contributed by atoms with Gasteiger partial charge in [-0.15, -0.1) is 0 Å². The molecule has 0 aliphatic rings. The van der Waals surface area contributed by atoms with Gasteiger partial charge in [-0.2, -0.15) is 0 Å². The van der Waals surface area contributed by atoms with Gasteiger partial charge < -0.3 is 10.1 Å². The van der Waals surface area contributed by atoms with E-state index in [4.69, 9.17) is 16.3 Å². The van der Waals surface area contributed by atoms with E-state index >= 15 is 0 Å². The molecule has 0 spiro atoms. The first-order chi connectivity index (χ1) is 11.5. The number of benzene rings is 2. The Hall–Kier alpha value is -2.40. The smallest absolute Gasteiger partial charge is 0.340 e. The molecule has 4 nitrogen and oxygen atoms in total. The molecule has 0 radical (unpaired) electrons. The van der Waals surface area contributed by atoms with Crippen LogP contribution in [0.1, 0.15) is 21.5 Å². The summed E-state index contributed by atoms with van der Waals surface area (Å²) in [6, 6.07) is 11.2. The zero-order chi connectivity index (χ0) is 17.5. The highest BCUT2D eigenvalue weighted by atomic mass is 35.5. The Balaban J connectivity index is 1.77. The van der Waals surface area contributed by atoms with Gasteiger partial charge in [-0.1, -0.05) is 35.9 Å². The Kier molecular flexibility index (Phi) is 6.32. The van der Waals surface area contributed by atoms with Crippen LogP contribution >= 0.6 is 11.6 Å². The standard InChI is InChI=1S/C18H17ClFNO3/c1-12-4-2-3-5-13(12)8-9-21-17(22)11-24-18(23)15-7-6-14(20)10-16(15)19/h2-7,10H,8-9,11H2,1H3,(H,21,22). The highest BCUT2D eigenvalue weighted by Gasteiger charge is 2.14. The van der Waals surface area contributed by atoms with Crippen molar-refractivity contribution in [3.8, 4) is 0 Å². The predicted octanol–water partition coefficient (Wildman–Crippen LogP) is 3.30. The van der Waals surface area contributed by atoms with Gasteiger partial charge in [-0.05, 0) is 42.7 Å².